The minimum absolute atomic E-state index is 0.00265. The molecule has 3 aliphatic rings. The summed E-state index contributed by atoms with van der Waals surface area (Å²) in [6.45, 7) is 8.53. The zero-order chi connectivity index (χ0) is 21.6. The molecule has 1 spiro atoms. The zero-order valence-corrected chi connectivity index (χ0v) is 18.8. The first-order valence-corrected chi connectivity index (χ1v) is 11.8. The number of aromatic nitrogens is 1. The van der Waals surface area contributed by atoms with Crippen molar-refractivity contribution in [2.45, 2.75) is 37.9 Å². The molecule has 2 fully saturated rings. The molecule has 5 rings (SSSR count). The largest absolute Gasteiger partial charge is 0.378 e. The molecule has 3 aliphatic heterocycles. The van der Waals surface area contributed by atoms with Gasteiger partial charge in [-0.3, -0.25) is 14.5 Å². The number of likely N-dealkylation sites (tertiary alicyclic amines) is 1. The van der Waals surface area contributed by atoms with Gasteiger partial charge < -0.3 is 14.5 Å². The van der Waals surface area contributed by atoms with Crippen molar-refractivity contribution in [2.24, 2.45) is 0 Å². The van der Waals surface area contributed by atoms with Gasteiger partial charge in [-0.05, 0) is 25.5 Å². The highest BCUT2D eigenvalue weighted by Gasteiger charge is 2.61. The summed E-state index contributed by atoms with van der Waals surface area (Å²) in [7, 11) is 0. The molecule has 0 radical (unpaired) electrons. The summed E-state index contributed by atoms with van der Waals surface area (Å²) in [5.41, 5.74) is 0.994. The fraction of sp³-hybridized carbons (Fsp3) is 0.522. The molecular formula is C23H28N4O3S. The number of thiazole rings is 1. The lowest BCUT2D eigenvalue weighted by Crippen LogP contribution is -2.77. The Bertz CT molecular complexity index is 965. The van der Waals surface area contributed by atoms with E-state index in [1.807, 2.05) is 59.5 Å². The quantitative estimate of drug-likeness (QED) is 0.729. The Morgan fingerprint density at radius 2 is 2.00 bits per heavy atom. The van der Waals surface area contributed by atoms with Gasteiger partial charge in [0, 0.05) is 49.4 Å². The van der Waals surface area contributed by atoms with Crippen LogP contribution in [0.2, 0.25) is 0 Å². The molecule has 31 heavy (non-hydrogen) atoms. The molecule has 0 N–H and O–H groups in total. The lowest BCUT2D eigenvalue weighted by molar-refractivity contribution is -0.148. The fourth-order valence-electron chi connectivity index (χ4n) is 5.48. The summed E-state index contributed by atoms with van der Waals surface area (Å²) in [6, 6.07) is 7.67. The van der Waals surface area contributed by atoms with Crippen molar-refractivity contribution >= 4 is 23.2 Å². The molecule has 7 nitrogen and oxygen atoms in total. The topological polar surface area (TPSA) is 66.0 Å². The molecule has 1 aromatic carbocycles. The number of carbonyl (C=O) groups is 2. The Hall–Kier alpha value is -2.29. The number of fused-ring (bicyclic) bond motifs is 1. The first kappa shape index (κ1) is 20.6. The van der Waals surface area contributed by atoms with Crippen LogP contribution in [0.5, 0.6) is 0 Å². The van der Waals surface area contributed by atoms with Crippen LogP contribution in [-0.4, -0.2) is 82.5 Å². The van der Waals surface area contributed by atoms with Gasteiger partial charge in [-0.2, -0.15) is 0 Å². The second-order valence-electron chi connectivity index (χ2n) is 8.90. The van der Waals surface area contributed by atoms with Gasteiger partial charge in [-0.1, -0.05) is 18.2 Å². The van der Waals surface area contributed by atoms with Crippen LogP contribution in [0.1, 0.15) is 40.7 Å². The van der Waals surface area contributed by atoms with Crippen LogP contribution in [0, 0.1) is 0 Å². The summed E-state index contributed by atoms with van der Waals surface area (Å²) in [6.07, 6.45) is 1.82. The molecule has 164 valence electrons. The van der Waals surface area contributed by atoms with E-state index in [2.05, 4.69) is 9.88 Å². The van der Waals surface area contributed by atoms with E-state index in [1.54, 1.807) is 11.3 Å². The first-order chi connectivity index (χ1) is 15.0. The zero-order valence-electron chi connectivity index (χ0n) is 18.0. The van der Waals surface area contributed by atoms with E-state index < -0.39 is 5.54 Å². The standard InChI is InChI=1S/C23H28N4O3S/c1-16(2)27-21(28)18-6-4-3-5-17(18)20(22(29)26-8-10-30-11-9-26)23(27)14-25(15-23)13-19-24-7-12-31-19/h3-7,12,16,20H,8-11,13-15H2,1-2H3. The molecule has 2 aromatic rings. The van der Waals surface area contributed by atoms with Gasteiger partial charge in [0.1, 0.15) is 5.01 Å². The van der Waals surface area contributed by atoms with Gasteiger partial charge in [-0.25, -0.2) is 4.98 Å². The van der Waals surface area contributed by atoms with Crippen molar-refractivity contribution in [3.8, 4) is 0 Å². The predicted octanol–water partition coefficient (Wildman–Crippen LogP) is 2.20. The number of hydrogen-bond acceptors (Lipinski definition) is 6. The Balaban J connectivity index is 1.54. The molecule has 1 aromatic heterocycles. The number of nitrogens with zero attached hydrogens (tertiary/aromatic N) is 4. The minimum Gasteiger partial charge on any atom is -0.378 e. The van der Waals surface area contributed by atoms with E-state index in [0.717, 1.165) is 17.1 Å². The Labute approximate surface area is 186 Å². The predicted molar refractivity (Wildman–Crippen MR) is 118 cm³/mol. The number of carbonyl (C=O) groups excluding carboxylic acids is 2. The van der Waals surface area contributed by atoms with Crippen LogP contribution >= 0.6 is 11.3 Å². The molecule has 0 aliphatic carbocycles. The number of rotatable bonds is 4. The van der Waals surface area contributed by atoms with Gasteiger partial charge in [0.2, 0.25) is 5.91 Å². The van der Waals surface area contributed by atoms with Crippen LogP contribution in [0.15, 0.2) is 35.8 Å². The molecule has 8 heteroatoms. The Morgan fingerprint density at radius 3 is 2.68 bits per heavy atom. The lowest BCUT2D eigenvalue weighted by atomic mass is 9.67. The minimum atomic E-state index is -0.535. The maximum absolute atomic E-state index is 13.9. The van der Waals surface area contributed by atoms with Crippen LogP contribution in [-0.2, 0) is 16.1 Å². The second kappa shape index (κ2) is 8.00. The molecule has 2 saturated heterocycles. The van der Waals surface area contributed by atoms with Crippen LogP contribution in [0.3, 0.4) is 0 Å². The molecular weight excluding hydrogens is 412 g/mol. The summed E-state index contributed by atoms with van der Waals surface area (Å²) in [4.78, 5) is 38.1. The highest BCUT2D eigenvalue weighted by molar-refractivity contribution is 7.09. The summed E-state index contributed by atoms with van der Waals surface area (Å²) < 4.78 is 5.48. The number of amides is 2. The van der Waals surface area contributed by atoms with Gasteiger partial charge in [-0.15, -0.1) is 11.3 Å². The third-order valence-corrected chi connectivity index (χ3v) is 7.43. The van der Waals surface area contributed by atoms with Crippen molar-refractivity contribution in [3.05, 3.63) is 52.0 Å². The van der Waals surface area contributed by atoms with Crippen LogP contribution in [0.4, 0.5) is 0 Å². The third kappa shape index (κ3) is 3.37. The molecule has 1 atom stereocenters. The number of morpholine rings is 1. The maximum atomic E-state index is 13.9. The van der Waals surface area contributed by atoms with E-state index in [-0.39, 0.29) is 23.8 Å². The van der Waals surface area contributed by atoms with Crippen molar-refractivity contribution in [3.63, 3.8) is 0 Å². The highest BCUT2D eigenvalue weighted by atomic mass is 32.1. The third-order valence-electron chi connectivity index (χ3n) is 6.66. The number of benzene rings is 1. The van der Waals surface area contributed by atoms with Gasteiger partial charge in [0.25, 0.3) is 5.91 Å². The van der Waals surface area contributed by atoms with E-state index in [4.69, 9.17) is 4.74 Å². The van der Waals surface area contributed by atoms with E-state index in [1.165, 1.54) is 0 Å². The monoisotopic (exact) mass is 440 g/mol. The average molecular weight is 441 g/mol. The van der Waals surface area contributed by atoms with Gasteiger partial charge in [0.15, 0.2) is 0 Å². The highest BCUT2D eigenvalue weighted by Crippen LogP contribution is 2.48. The SMILES string of the molecule is CC(C)N1C(=O)c2ccccc2C(C(=O)N2CCOCC2)C12CN(Cc1nccs1)C2. The van der Waals surface area contributed by atoms with E-state index in [0.29, 0.717) is 45.0 Å². The molecule has 1 unspecified atom stereocenters. The summed E-state index contributed by atoms with van der Waals surface area (Å²) in [5, 5.41) is 3.04. The molecule has 0 bridgehead atoms. The van der Waals surface area contributed by atoms with Crippen molar-refractivity contribution in [2.75, 3.05) is 39.4 Å². The smallest absolute Gasteiger partial charge is 0.254 e. The molecule has 2 amide bonds. The van der Waals surface area contributed by atoms with Gasteiger partial charge >= 0.3 is 0 Å². The second-order valence-corrected chi connectivity index (χ2v) is 9.88. The van der Waals surface area contributed by atoms with Crippen LogP contribution < -0.4 is 0 Å². The molecule has 4 heterocycles. The van der Waals surface area contributed by atoms with E-state index in [9.17, 15) is 9.59 Å². The van der Waals surface area contributed by atoms with Gasteiger partial charge in [0.05, 0.1) is 31.2 Å². The Morgan fingerprint density at radius 1 is 1.26 bits per heavy atom. The molecule has 0 saturated carbocycles. The average Bonchev–Trinajstić information content (AvgIpc) is 3.26. The number of hydrogen-bond donors (Lipinski definition) is 0. The first-order valence-electron chi connectivity index (χ1n) is 10.9. The van der Waals surface area contributed by atoms with E-state index >= 15 is 0 Å². The Kier molecular flexibility index (Phi) is 5.32. The normalized spacial score (nSPS) is 23.2. The van der Waals surface area contributed by atoms with Crippen molar-refractivity contribution in [1.82, 2.24) is 19.7 Å². The van der Waals surface area contributed by atoms with Crippen LogP contribution in [0.25, 0.3) is 0 Å². The van der Waals surface area contributed by atoms with Crippen molar-refractivity contribution in [1.29, 1.82) is 0 Å². The summed E-state index contributed by atoms with van der Waals surface area (Å²) in [5.74, 6) is -0.220. The summed E-state index contributed by atoms with van der Waals surface area (Å²) >= 11 is 1.64. The number of ether oxygens (including phenoxy) is 1. The maximum Gasteiger partial charge on any atom is 0.254 e. The fourth-order valence-corrected chi connectivity index (χ4v) is 6.14. The lowest BCUT2D eigenvalue weighted by Gasteiger charge is -2.62. The van der Waals surface area contributed by atoms with Crippen molar-refractivity contribution < 1.29 is 14.3 Å².